The normalized spacial score (nSPS) is 16.5. The van der Waals surface area contributed by atoms with Gasteiger partial charge in [-0.25, -0.2) is 31.7 Å². The fraction of sp³-hybridized carbons (Fsp3) is 0.444. The number of hydrogen-bond acceptors (Lipinski definition) is 11. The maximum absolute atomic E-state index is 13.0. The molecular formula is C18H26N10O5S2. The van der Waals surface area contributed by atoms with Gasteiger partial charge < -0.3 is 20.7 Å². The van der Waals surface area contributed by atoms with E-state index in [1.54, 1.807) is 12.4 Å². The lowest BCUT2D eigenvalue weighted by Gasteiger charge is -2.34. The number of sulfonamides is 2. The van der Waals surface area contributed by atoms with Gasteiger partial charge >= 0.3 is 0 Å². The van der Waals surface area contributed by atoms with Gasteiger partial charge in [0.2, 0.25) is 25.9 Å². The van der Waals surface area contributed by atoms with Crippen molar-refractivity contribution in [2.75, 3.05) is 31.1 Å². The second-order valence-corrected chi connectivity index (χ2v) is 11.3. The van der Waals surface area contributed by atoms with Gasteiger partial charge in [0.25, 0.3) is 0 Å². The number of aliphatic hydroxyl groups is 1. The van der Waals surface area contributed by atoms with Crippen molar-refractivity contribution in [1.29, 1.82) is 0 Å². The number of imidazole rings is 1. The van der Waals surface area contributed by atoms with E-state index in [0.717, 1.165) is 24.7 Å². The summed E-state index contributed by atoms with van der Waals surface area (Å²) in [5.41, 5.74) is 5.65. The predicted molar refractivity (Wildman–Crippen MR) is 124 cm³/mol. The third-order valence-electron chi connectivity index (χ3n) is 5.77. The summed E-state index contributed by atoms with van der Waals surface area (Å²) < 4.78 is 53.7. The maximum atomic E-state index is 13.0. The zero-order chi connectivity index (χ0) is 25.2. The Kier molecular flexibility index (Phi) is 7.15. The minimum Gasteiger partial charge on any atom is -0.390 e. The molecule has 1 saturated heterocycles. The van der Waals surface area contributed by atoms with Crippen molar-refractivity contribution in [3.8, 4) is 11.4 Å². The van der Waals surface area contributed by atoms with Crippen molar-refractivity contribution in [1.82, 2.24) is 35.3 Å². The van der Waals surface area contributed by atoms with Crippen LogP contribution in [0.1, 0.15) is 24.6 Å². The largest absolute Gasteiger partial charge is 0.390 e. The number of aliphatic hydroxyl groups excluding tert-OH is 1. The summed E-state index contributed by atoms with van der Waals surface area (Å²) in [4.78, 5) is 8.08. The first-order chi connectivity index (χ1) is 16.6. The molecule has 2 aromatic heterocycles. The summed E-state index contributed by atoms with van der Waals surface area (Å²) in [6.07, 6.45) is 3.74. The highest BCUT2D eigenvalue weighted by molar-refractivity contribution is 7.92. The number of nitrogens with zero attached hydrogens (tertiary/aromatic N) is 5. The molecule has 15 nitrogen and oxygen atoms in total. The van der Waals surface area contributed by atoms with Crippen LogP contribution in [0.3, 0.4) is 0 Å². The third kappa shape index (κ3) is 5.34. The van der Waals surface area contributed by atoms with E-state index in [0.29, 0.717) is 18.8 Å². The average molecular weight is 527 g/mol. The van der Waals surface area contributed by atoms with Crippen LogP contribution in [0.2, 0.25) is 0 Å². The van der Waals surface area contributed by atoms with Gasteiger partial charge in [-0.3, -0.25) is 0 Å². The summed E-state index contributed by atoms with van der Waals surface area (Å²) in [5, 5.41) is 28.8. The minimum atomic E-state index is -4.59. The van der Waals surface area contributed by atoms with Crippen LogP contribution in [0.5, 0.6) is 0 Å². The van der Waals surface area contributed by atoms with Gasteiger partial charge in [0.15, 0.2) is 0 Å². The van der Waals surface area contributed by atoms with Crippen LogP contribution in [-0.4, -0.2) is 84.8 Å². The summed E-state index contributed by atoms with van der Waals surface area (Å²) in [6, 6.07) is 2.65. The van der Waals surface area contributed by atoms with Gasteiger partial charge in [0.05, 0.1) is 11.7 Å². The molecule has 1 aliphatic rings. The molecule has 0 aliphatic carbocycles. The van der Waals surface area contributed by atoms with E-state index in [9.17, 15) is 21.9 Å². The Labute approximate surface area is 201 Å². The highest BCUT2D eigenvalue weighted by Gasteiger charge is 2.34. The Bertz CT molecular complexity index is 1350. The highest BCUT2D eigenvalue weighted by atomic mass is 32.2. The van der Waals surface area contributed by atoms with Crippen LogP contribution in [0.15, 0.2) is 34.3 Å². The molecule has 0 bridgehead atoms. The number of aromatic nitrogens is 6. The van der Waals surface area contributed by atoms with Crippen molar-refractivity contribution in [2.24, 2.45) is 10.9 Å². The molecule has 0 saturated carbocycles. The molecule has 3 aromatic rings. The molecule has 35 heavy (non-hydrogen) atoms. The first kappa shape index (κ1) is 25.1. The summed E-state index contributed by atoms with van der Waals surface area (Å²) in [7, 11) is -9.02. The molecule has 4 rings (SSSR count). The number of primary sulfonamides is 1. The lowest BCUT2D eigenvalue weighted by atomic mass is 9.95. The van der Waals surface area contributed by atoms with Crippen LogP contribution in [0.4, 0.5) is 5.69 Å². The Morgan fingerprint density at radius 2 is 1.97 bits per heavy atom. The van der Waals surface area contributed by atoms with Crippen molar-refractivity contribution in [2.45, 2.75) is 34.7 Å². The highest BCUT2D eigenvalue weighted by Crippen LogP contribution is 2.40. The van der Waals surface area contributed by atoms with Gasteiger partial charge in [-0.15, -0.1) is 10.2 Å². The lowest BCUT2D eigenvalue weighted by molar-refractivity contribution is 0.186. The van der Waals surface area contributed by atoms with Gasteiger partial charge in [-0.2, -0.15) is 5.21 Å². The summed E-state index contributed by atoms with van der Waals surface area (Å²) in [5.74, 6) is 0.946. The predicted octanol–water partition coefficient (Wildman–Crippen LogP) is -1.78. The Morgan fingerprint density at radius 3 is 2.54 bits per heavy atom. The van der Waals surface area contributed by atoms with Crippen molar-refractivity contribution in [3.05, 3.63) is 30.4 Å². The number of nitrogens with two attached hydrogens (primary N) is 2. The quantitative estimate of drug-likeness (QED) is 0.182. The first-order valence-electron chi connectivity index (χ1n) is 10.7. The van der Waals surface area contributed by atoms with Gasteiger partial charge in [0.1, 0.15) is 15.6 Å². The van der Waals surface area contributed by atoms with E-state index in [1.807, 2.05) is 4.90 Å². The van der Waals surface area contributed by atoms with E-state index < -0.39 is 42.5 Å². The smallest absolute Gasteiger partial charge is 0.242 e. The SMILES string of the molecule is NC[C@@H](O)CNS(=O)(=O)c1ccc(N2CCC(c3ncc[nH]3)CC2)c(-c2nn[nH]n2)c1S(N)(=O)=O. The second kappa shape index (κ2) is 9.96. The van der Waals surface area contributed by atoms with Gasteiger partial charge in [-0.05, 0) is 30.2 Å². The molecule has 1 fully saturated rings. The lowest BCUT2D eigenvalue weighted by Crippen LogP contribution is -2.37. The van der Waals surface area contributed by atoms with Crippen molar-refractivity contribution in [3.63, 3.8) is 0 Å². The number of H-pyrrole nitrogens is 2. The fourth-order valence-corrected chi connectivity index (χ4v) is 6.72. The molecule has 1 aliphatic heterocycles. The van der Waals surface area contributed by atoms with Crippen molar-refractivity contribution < 1.29 is 21.9 Å². The zero-order valence-electron chi connectivity index (χ0n) is 18.5. The van der Waals surface area contributed by atoms with E-state index in [-0.39, 0.29) is 23.9 Å². The van der Waals surface area contributed by atoms with E-state index in [1.165, 1.54) is 6.07 Å². The van der Waals surface area contributed by atoms with Crippen LogP contribution < -0.4 is 20.5 Å². The number of hydrogen-bond donors (Lipinski definition) is 6. The molecule has 8 N–H and O–H groups in total. The molecule has 0 radical (unpaired) electrons. The summed E-state index contributed by atoms with van der Waals surface area (Å²) >= 11 is 0. The third-order valence-corrected chi connectivity index (χ3v) is 8.35. The number of tetrazole rings is 1. The van der Waals surface area contributed by atoms with Gasteiger partial charge in [-0.1, -0.05) is 0 Å². The van der Waals surface area contributed by atoms with E-state index in [4.69, 9.17) is 10.9 Å². The second-order valence-electron chi connectivity index (χ2n) is 8.04. The minimum absolute atomic E-state index is 0.0834. The Hall–Kier alpha value is -2.96. The standard InChI is InChI=1S/C18H26N10O5S2/c19-9-12(29)10-23-35(32,33)14-2-1-13(15(16(14)34(20,30)31)18-24-26-27-25-18)28-7-3-11(4-8-28)17-21-5-6-22-17/h1-2,5-6,11-12,23,29H,3-4,7-10,19H2,(H,21,22)(H2,20,30,31)(H,24,25,26,27)/t12-/m1/s1. The average Bonchev–Trinajstić information content (AvgIpc) is 3.56. The molecule has 0 spiro atoms. The van der Waals surface area contributed by atoms with Gasteiger partial charge in [0, 0.05) is 50.2 Å². The molecule has 1 atom stereocenters. The molecule has 17 heteroatoms. The fourth-order valence-electron chi connectivity index (χ4n) is 4.06. The number of nitrogens with one attached hydrogen (secondary N) is 3. The number of piperidine rings is 1. The van der Waals surface area contributed by atoms with E-state index >= 15 is 0 Å². The van der Waals surface area contributed by atoms with Crippen LogP contribution in [0.25, 0.3) is 11.4 Å². The molecular weight excluding hydrogens is 500 g/mol. The number of aromatic amines is 2. The molecule has 190 valence electrons. The molecule has 0 unspecified atom stereocenters. The molecule has 3 heterocycles. The Morgan fingerprint density at radius 1 is 1.23 bits per heavy atom. The number of anilines is 1. The number of benzene rings is 1. The molecule has 0 amide bonds. The van der Waals surface area contributed by atoms with Crippen LogP contribution >= 0.6 is 0 Å². The topological polar surface area (TPSA) is 239 Å². The zero-order valence-corrected chi connectivity index (χ0v) is 20.1. The Balaban J connectivity index is 1.79. The summed E-state index contributed by atoms with van der Waals surface area (Å²) in [6.45, 7) is 0.467. The number of rotatable bonds is 9. The molecule has 1 aromatic carbocycles. The monoisotopic (exact) mass is 526 g/mol. The first-order valence-corrected chi connectivity index (χ1v) is 13.7. The maximum Gasteiger partial charge on any atom is 0.242 e. The van der Waals surface area contributed by atoms with Crippen LogP contribution in [0, 0.1) is 0 Å². The van der Waals surface area contributed by atoms with Crippen molar-refractivity contribution >= 4 is 25.7 Å². The van der Waals surface area contributed by atoms with E-state index in [2.05, 4.69) is 35.3 Å². The van der Waals surface area contributed by atoms with Crippen LogP contribution in [-0.2, 0) is 20.0 Å².